The zero-order valence-corrected chi connectivity index (χ0v) is 9.23. The van der Waals surface area contributed by atoms with E-state index >= 15 is 0 Å². The van der Waals surface area contributed by atoms with Gasteiger partial charge in [-0.1, -0.05) is 18.2 Å². The Hall–Kier alpha value is -1.55. The van der Waals surface area contributed by atoms with Crippen LogP contribution >= 0.6 is 0 Å². The molecule has 2 N–H and O–H groups in total. The molecule has 1 aromatic rings. The van der Waals surface area contributed by atoms with Crippen LogP contribution in [-0.2, 0) is 9.53 Å². The molecule has 82 valence electrons. The quantitative estimate of drug-likeness (QED) is 0.751. The van der Waals surface area contributed by atoms with E-state index in [1.54, 1.807) is 0 Å². The number of anilines is 1. The number of rotatable bonds is 3. The summed E-state index contributed by atoms with van der Waals surface area (Å²) in [6.07, 6.45) is 0. The van der Waals surface area contributed by atoms with Gasteiger partial charge < -0.3 is 15.4 Å². The van der Waals surface area contributed by atoms with Crippen LogP contribution in [0.15, 0.2) is 24.3 Å². The predicted molar refractivity (Wildman–Crippen MR) is 59.7 cm³/mol. The Morgan fingerprint density at radius 2 is 2.00 bits per heavy atom. The first-order chi connectivity index (χ1) is 7.07. The van der Waals surface area contributed by atoms with Gasteiger partial charge in [0.05, 0.1) is 7.11 Å². The van der Waals surface area contributed by atoms with Gasteiger partial charge in [-0.2, -0.15) is 0 Å². The summed E-state index contributed by atoms with van der Waals surface area (Å²) in [5, 5.41) is 0. The third-order valence-corrected chi connectivity index (χ3v) is 2.21. The summed E-state index contributed by atoms with van der Waals surface area (Å²) in [4.78, 5) is 13.2. The molecule has 4 nitrogen and oxygen atoms in total. The largest absolute Gasteiger partial charge is 0.468 e. The zero-order valence-electron chi connectivity index (χ0n) is 9.23. The Bertz CT molecular complexity index is 350. The van der Waals surface area contributed by atoms with E-state index < -0.39 is 12.0 Å². The molecule has 1 aromatic carbocycles. The SMILES string of the molecule is COC(=O)C(N)c1ccccc1N(C)C. The van der Waals surface area contributed by atoms with Crippen LogP contribution in [0.2, 0.25) is 0 Å². The van der Waals surface area contributed by atoms with E-state index in [4.69, 9.17) is 5.73 Å². The lowest BCUT2D eigenvalue weighted by Crippen LogP contribution is -2.25. The van der Waals surface area contributed by atoms with Gasteiger partial charge in [0.25, 0.3) is 0 Å². The number of nitrogens with zero attached hydrogens (tertiary/aromatic N) is 1. The molecule has 0 amide bonds. The van der Waals surface area contributed by atoms with Gasteiger partial charge in [0.2, 0.25) is 0 Å². The first-order valence-corrected chi connectivity index (χ1v) is 4.67. The Balaban J connectivity index is 3.07. The van der Waals surface area contributed by atoms with Crippen molar-refractivity contribution in [2.45, 2.75) is 6.04 Å². The highest BCUT2D eigenvalue weighted by atomic mass is 16.5. The number of nitrogens with two attached hydrogens (primary N) is 1. The normalized spacial score (nSPS) is 12.0. The highest BCUT2D eigenvalue weighted by molar-refractivity contribution is 5.80. The topological polar surface area (TPSA) is 55.6 Å². The fourth-order valence-electron chi connectivity index (χ4n) is 1.41. The molecule has 0 saturated heterocycles. The van der Waals surface area contributed by atoms with Gasteiger partial charge in [0.1, 0.15) is 6.04 Å². The number of benzene rings is 1. The van der Waals surface area contributed by atoms with Crippen molar-refractivity contribution in [3.8, 4) is 0 Å². The number of ether oxygens (including phenoxy) is 1. The molecule has 1 unspecified atom stereocenters. The number of para-hydroxylation sites is 1. The highest BCUT2D eigenvalue weighted by Gasteiger charge is 2.19. The lowest BCUT2D eigenvalue weighted by Gasteiger charge is -2.20. The van der Waals surface area contributed by atoms with Crippen LogP contribution in [0.4, 0.5) is 5.69 Å². The summed E-state index contributed by atoms with van der Waals surface area (Å²) >= 11 is 0. The molecule has 1 rings (SSSR count). The molecule has 0 saturated carbocycles. The highest BCUT2D eigenvalue weighted by Crippen LogP contribution is 2.23. The maximum atomic E-state index is 11.3. The minimum absolute atomic E-state index is 0.427. The van der Waals surface area contributed by atoms with E-state index in [0.717, 1.165) is 11.3 Å². The lowest BCUT2D eigenvalue weighted by atomic mass is 10.1. The van der Waals surface area contributed by atoms with Crippen LogP contribution in [0, 0.1) is 0 Å². The Morgan fingerprint density at radius 3 is 2.53 bits per heavy atom. The molecule has 0 fully saturated rings. The van der Waals surface area contributed by atoms with Gasteiger partial charge in [0.15, 0.2) is 0 Å². The minimum atomic E-state index is -0.728. The van der Waals surface area contributed by atoms with Gasteiger partial charge in [-0.15, -0.1) is 0 Å². The maximum absolute atomic E-state index is 11.3. The van der Waals surface area contributed by atoms with Crippen LogP contribution in [0.3, 0.4) is 0 Å². The second-order valence-corrected chi connectivity index (χ2v) is 3.45. The van der Waals surface area contributed by atoms with Crippen LogP contribution in [-0.4, -0.2) is 27.2 Å². The summed E-state index contributed by atoms with van der Waals surface area (Å²) in [6, 6.07) is 6.77. The second kappa shape index (κ2) is 4.79. The van der Waals surface area contributed by atoms with Crippen molar-refractivity contribution in [2.24, 2.45) is 5.73 Å². The number of hydrogen-bond donors (Lipinski definition) is 1. The molecule has 0 aliphatic rings. The van der Waals surface area contributed by atoms with Gasteiger partial charge in [-0.05, 0) is 6.07 Å². The van der Waals surface area contributed by atoms with E-state index in [1.807, 2.05) is 43.3 Å². The fourth-order valence-corrected chi connectivity index (χ4v) is 1.41. The summed E-state index contributed by atoms with van der Waals surface area (Å²) in [5.74, 6) is -0.427. The average molecular weight is 208 g/mol. The molecule has 0 radical (unpaired) electrons. The molecule has 0 heterocycles. The van der Waals surface area contributed by atoms with Crippen molar-refractivity contribution in [1.29, 1.82) is 0 Å². The lowest BCUT2D eigenvalue weighted by molar-refractivity contribution is -0.142. The van der Waals surface area contributed by atoms with Crippen LogP contribution in [0.5, 0.6) is 0 Å². The number of esters is 1. The first-order valence-electron chi connectivity index (χ1n) is 4.67. The second-order valence-electron chi connectivity index (χ2n) is 3.45. The Kier molecular flexibility index (Phi) is 3.68. The molecule has 0 bridgehead atoms. The molecule has 0 aliphatic heterocycles. The van der Waals surface area contributed by atoms with Gasteiger partial charge in [0, 0.05) is 25.3 Å². The Labute approximate surface area is 89.6 Å². The van der Waals surface area contributed by atoms with Crippen molar-refractivity contribution in [3.05, 3.63) is 29.8 Å². The molecule has 15 heavy (non-hydrogen) atoms. The van der Waals surface area contributed by atoms with Gasteiger partial charge >= 0.3 is 5.97 Å². The molecule has 0 spiro atoms. The van der Waals surface area contributed by atoms with E-state index in [9.17, 15) is 4.79 Å². The summed E-state index contributed by atoms with van der Waals surface area (Å²) in [6.45, 7) is 0. The van der Waals surface area contributed by atoms with E-state index in [0.29, 0.717) is 0 Å². The molecule has 0 aliphatic carbocycles. The van der Waals surface area contributed by atoms with Crippen LogP contribution in [0.25, 0.3) is 0 Å². The third-order valence-electron chi connectivity index (χ3n) is 2.21. The molecular weight excluding hydrogens is 192 g/mol. The fraction of sp³-hybridized carbons (Fsp3) is 0.364. The predicted octanol–water partition coefficient (Wildman–Crippen LogP) is 0.925. The standard InChI is InChI=1S/C11H16N2O2/c1-13(2)9-7-5-4-6-8(9)10(12)11(14)15-3/h4-7,10H,12H2,1-3H3. The first kappa shape index (κ1) is 11.5. The number of hydrogen-bond acceptors (Lipinski definition) is 4. The van der Waals surface area contributed by atoms with Crippen molar-refractivity contribution in [2.75, 3.05) is 26.1 Å². The number of methoxy groups -OCH3 is 1. The van der Waals surface area contributed by atoms with Crippen molar-refractivity contribution in [3.63, 3.8) is 0 Å². The summed E-state index contributed by atoms with van der Waals surface area (Å²) < 4.78 is 4.62. The Morgan fingerprint density at radius 1 is 1.40 bits per heavy atom. The number of carbonyl (C=O) groups excluding carboxylic acids is 1. The summed E-state index contributed by atoms with van der Waals surface area (Å²) in [7, 11) is 5.14. The molecular formula is C11H16N2O2. The van der Waals surface area contributed by atoms with Gasteiger partial charge in [-0.3, -0.25) is 4.79 Å². The third kappa shape index (κ3) is 2.47. The van der Waals surface area contributed by atoms with Gasteiger partial charge in [-0.25, -0.2) is 0 Å². The van der Waals surface area contributed by atoms with Crippen LogP contribution in [0.1, 0.15) is 11.6 Å². The van der Waals surface area contributed by atoms with Crippen LogP contribution < -0.4 is 10.6 Å². The molecule has 0 aromatic heterocycles. The van der Waals surface area contributed by atoms with Crippen molar-refractivity contribution < 1.29 is 9.53 Å². The number of carbonyl (C=O) groups is 1. The zero-order chi connectivity index (χ0) is 11.4. The van der Waals surface area contributed by atoms with Crippen molar-refractivity contribution in [1.82, 2.24) is 0 Å². The molecule has 1 atom stereocenters. The minimum Gasteiger partial charge on any atom is -0.468 e. The van der Waals surface area contributed by atoms with Crippen molar-refractivity contribution >= 4 is 11.7 Å². The smallest absolute Gasteiger partial charge is 0.327 e. The summed E-state index contributed by atoms with van der Waals surface area (Å²) in [5.41, 5.74) is 7.49. The van der Waals surface area contributed by atoms with E-state index in [1.165, 1.54) is 7.11 Å². The monoisotopic (exact) mass is 208 g/mol. The average Bonchev–Trinajstić information content (AvgIpc) is 2.27. The van der Waals surface area contributed by atoms with E-state index in [2.05, 4.69) is 4.74 Å². The molecule has 4 heteroatoms. The van der Waals surface area contributed by atoms with E-state index in [-0.39, 0.29) is 0 Å². The maximum Gasteiger partial charge on any atom is 0.327 e.